The summed E-state index contributed by atoms with van der Waals surface area (Å²) in [7, 11) is 0. The molecule has 1 aliphatic heterocycles. The number of carbonyl (C=O) groups is 1. The van der Waals surface area contributed by atoms with Crippen LogP contribution >= 0.6 is 0 Å². The SMILES string of the molecule is CC1=C(C(=O)Nc2ccc(C)cc2C)[C@@H](c2ccccn2)n2ncnc2N1. The van der Waals surface area contributed by atoms with Gasteiger partial charge in [0, 0.05) is 17.6 Å². The number of aromatic nitrogens is 4. The van der Waals surface area contributed by atoms with Crippen molar-refractivity contribution >= 4 is 17.5 Å². The molecule has 0 radical (unpaired) electrons. The zero-order valence-corrected chi connectivity index (χ0v) is 15.4. The maximum atomic E-state index is 13.2. The normalized spacial score (nSPS) is 15.9. The minimum Gasteiger partial charge on any atom is -0.328 e. The van der Waals surface area contributed by atoms with Crippen LogP contribution < -0.4 is 10.6 Å². The zero-order chi connectivity index (χ0) is 19.0. The summed E-state index contributed by atoms with van der Waals surface area (Å²) in [5.41, 5.74) is 4.98. The molecule has 2 aromatic heterocycles. The first-order chi connectivity index (χ1) is 13.0. The molecule has 4 rings (SSSR count). The van der Waals surface area contributed by atoms with Crippen molar-refractivity contribution in [3.05, 3.63) is 77.0 Å². The van der Waals surface area contributed by atoms with Gasteiger partial charge in [0.15, 0.2) is 0 Å². The molecule has 0 bridgehead atoms. The highest BCUT2D eigenvalue weighted by atomic mass is 16.1. The Balaban J connectivity index is 1.75. The Morgan fingerprint density at radius 2 is 2.00 bits per heavy atom. The Bertz CT molecular complexity index is 1040. The van der Waals surface area contributed by atoms with E-state index in [4.69, 9.17) is 0 Å². The van der Waals surface area contributed by atoms with E-state index in [1.54, 1.807) is 10.9 Å². The maximum Gasteiger partial charge on any atom is 0.255 e. The van der Waals surface area contributed by atoms with Gasteiger partial charge in [-0.3, -0.25) is 9.78 Å². The van der Waals surface area contributed by atoms with E-state index < -0.39 is 6.04 Å². The Hall–Kier alpha value is -3.48. The number of nitrogens with one attached hydrogen (secondary N) is 2. The van der Waals surface area contributed by atoms with Crippen LogP contribution in [0.4, 0.5) is 11.6 Å². The van der Waals surface area contributed by atoms with Crippen LogP contribution in [-0.4, -0.2) is 25.7 Å². The van der Waals surface area contributed by atoms with Gasteiger partial charge >= 0.3 is 0 Å². The molecule has 0 unspecified atom stereocenters. The molecule has 1 amide bonds. The second-order valence-corrected chi connectivity index (χ2v) is 6.62. The van der Waals surface area contributed by atoms with Crippen LogP contribution in [0.25, 0.3) is 0 Å². The van der Waals surface area contributed by atoms with Gasteiger partial charge in [0.1, 0.15) is 12.4 Å². The molecule has 136 valence electrons. The van der Waals surface area contributed by atoms with E-state index in [-0.39, 0.29) is 5.91 Å². The first kappa shape index (κ1) is 17.0. The summed E-state index contributed by atoms with van der Waals surface area (Å²) in [6, 6.07) is 11.1. The number of fused-ring (bicyclic) bond motifs is 1. The molecular weight excluding hydrogens is 340 g/mol. The summed E-state index contributed by atoms with van der Waals surface area (Å²) in [4.78, 5) is 21.9. The molecule has 1 aromatic carbocycles. The van der Waals surface area contributed by atoms with Gasteiger partial charge in [0.05, 0.1) is 11.3 Å². The summed E-state index contributed by atoms with van der Waals surface area (Å²) >= 11 is 0. The number of allylic oxidation sites excluding steroid dienone is 1. The summed E-state index contributed by atoms with van der Waals surface area (Å²) in [5.74, 6) is 0.398. The number of nitrogens with zero attached hydrogens (tertiary/aromatic N) is 4. The summed E-state index contributed by atoms with van der Waals surface area (Å²) < 4.78 is 1.69. The molecule has 27 heavy (non-hydrogen) atoms. The Kier molecular flexibility index (Phi) is 4.19. The molecule has 2 N–H and O–H groups in total. The van der Waals surface area contributed by atoms with Crippen molar-refractivity contribution in [3.63, 3.8) is 0 Å². The molecule has 0 fully saturated rings. The first-order valence-corrected chi connectivity index (χ1v) is 8.71. The van der Waals surface area contributed by atoms with Crippen LogP contribution in [0.15, 0.2) is 60.2 Å². The van der Waals surface area contributed by atoms with E-state index in [0.717, 1.165) is 28.2 Å². The minimum atomic E-state index is -0.448. The molecule has 3 heterocycles. The Labute approximate surface area is 157 Å². The number of carbonyl (C=O) groups excluding carboxylic acids is 1. The third kappa shape index (κ3) is 3.08. The van der Waals surface area contributed by atoms with Crippen molar-refractivity contribution in [2.45, 2.75) is 26.8 Å². The summed E-state index contributed by atoms with van der Waals surface area (Å²) in [6.45, 7) is 5.87. The standard InChI is InChI=1S/C20H20N6O/c1-12-7-8-15(13(2)10-12)25-19(27)17-14(3)24-20-22-11-23-26(20)18(17)16-6-4-5-9-21-16/h4-11,18H,1-3H3,(H,25,27)(H,22,23,24)/t18-/m1/s1. The largest absolute Gasteiger partial charge is 0.328 e. The van der Waals surface area contributed by atoms with Crippen LogP contribution in [0.3, 0.4) is 0 Å². The van der Waals surface area contributed by atoms with Crippen LogP contribution in [0.1, 0.15) is 29.8 Å². The van der Waals surface area contributed by atoms with Gasteiger partial charge in [-0.2, -0.15) is 10.1 Å². The highest BCUT2D eigenvalue weighted by Crippen LogP contribution is 2.34. The molecule has 7 heteroatoms. The number of rotatable bonds is 3. The third-order valence-corrected chi connectivity index (χ3v) is 4.64. The van der Waals surface area contributed by atoms with Crippen molar-refractivity contribution in [3.8, 4) is 0 Å². The molecule has 0 saturated heterocycles. The highest BCUT2D eigenvalue weighted by Gasteiger charge is 2.34. The fraction of sp³-hybridized carbons (Fsp3) is 0.200. The predicted octanol–water partition coefficient (Wildman–Crippen LogP) is 3.22. The molecule has 1 aliphatic rings. The number of pyridine rings is 1. The van der Waals surface area contributed by atoms with Crippen LogP contribution in [-0.2, 0) is 4.79 Å². The van der Waals surface area contributed by atoms with Gasteiger partial charge in [-0.1, -0.05) is 23.8 Å². The van der Waals surface area contributed by atoms with Gasteiger partial charge in [0.25, 0.3) is 5.91 Å². The number of anilines is 2. The van der Waals surface area contributed by atoms with Crippen molar-refractivity contribution < 1.29 is 4.79 Å². The van der Waals surface area contributed by atoms with Crippen LogP contribution in [0.2, 0.25) is 0 Å². The monoisotopic (exact) mass is 360 g/mol. The summed E-state index contributed by atoms with van der Waals surface area (Å²) in [5, 5.41) is 10.5. The fourth-order valence-corrected chi connectivity index (χ4v) is 3.34. The predicted molar refractivity (Wildman–Crippen MR) is 103 cm³/mol. The molecule has 0 saturated carbocycles. The van der Waals surface area contributed by atoms with Gasteiger partial charge in [0.2, 0.25) is 5.95 Å². The van der Waals surface area contributed by atoms with Gasteiger partial charge < -0.3 is 10.6 Å². The molecular formula is C20H20N6O. The van der Waals surface area contributed by atoms with E-state index in [2.05, 4.69) is 25.7 Å². The van der Waals surface area contributed by atoms with Gasteiger partial charge in [-0.15, -0.1) is 0 Å². The number of aryl methyl sites for hydroxylation is 2. The lowest BCUT2D eigenvalue weighted by atomic mass is 9.98. The van der Waals surface area contributed by atoms with Crippen molar-refractivity contribution in [2.24, 2.45) is 0 Å². The average molecular weight is 360 g/mol. The Morgan fingerprint density at radius 1 is 1.15 bits per heavy atom. The van der Waals surface area contributed by atoms with Crippen molar-refractivity contribution in [1.29, 1.82) is 0 Å². The van der Waals surface area contributed by atoms with E-state index in [1.807, 2.05) is 57.2 Å². The average Bonchev–Trinajstić information content (AvgIpc) is 3.11. The topological polar surface area (TPSA) is 84.7 Å². The lowest BCUT2D eigenvalue weighted by Gasteiger charge is -2.28. The minimum absolute atomic E-state index is 0.191. The molecule has 1 atom stereocenters. The first-order valence-electron chi connectivity index (χ1n) is 8.71. The fourth-order valence-electron chi connectivity index (χ4n) is 3.34. The third-order valence-electron chi connectivity index (χ3n) is 4.64. The Morgan fingerprint density at radius 3 is 2.74 bits per heavy atom. The zero-order valence-electron chi connectivity index (χ0n) is 15.4. The number of hydrogen-bond donors (Lipinski definition) is 2. The molecule has 0 spiro atoms. The van der Waals surface area contributed by atoms with Gasteiger partial charge in [-0.05, 0) is 44.5 Å². The van der Waals surface area contributed by atoms with Crippen molar-refractivity contribution in [1.82, 2.24) is 19.7 Å². The molecule has 3 aromatic rings. The van der Waals surface area contributed by atoms with Crippen molar-refractivity contribution in [2.75, 3.05) is 10.6 Å². The van der Waals surface area contributed by atoms with Crippen LogP contribution in [0, 0.1) is 13.8 Å². The second kappa shape index (κ2) is 6.68. The van der Waals surface area contributed by atoms with E-state index in [9.17, 15) is 4.79 Å². The lowest BCUT2D eigenvalue weighted by Crippen LogP contribution is -2.32. The number of amides is 1. The summed E-state index contributed by atoms with van der Waals surface area (Å²) in [6.07, 6.45) is 3.18. The number of hydrogen-bond acceptors (Lipinski definition) is 5. The van der Waals surface area contributed by atoms with E-state index in [1.165, 1.54) is 6.33 Å². The maximum absolute atomic E-state index is 13.2. The van der Waals surface area contributed by atoms with E-state index in [0.29, 0.717) is 11.5 Å². The smallest absolute Gasteiger partial charge is 0.255 e. The molecule has 7 nitrogen and oxygen atoms in total. The number of benzene rings is 1. The highest BCUT2D eigenvalue weighted by molar-refractivity contribution is 6.06. The second-order valence-electron chi connectivity index (χ2n) is 6.62. The van der Waals surface area contributed by atoms with Crippen LogP contribution in [0.5, 0.6) is 0 Å². The molecule has 0 aliphatic carbocycles. The van der Waals surface area contributed by atoms with E-state index >= 15 is 0 Å². The lowest BCUT2D eigenvalue weighted by molar-refractivity contribution is -0.113. The quantitative estimate of drug-likeness (QED) is 0.749. The van der Waals surface area contributed by atoms with Gasteiger partial charge in [-0.25, -0.2) is 4.68 Å².